The molecule has 0 aliphatic carbocycles. The quantitative estimate of drug-likeness (QED) is 0.709. The molecule has 6 nitrogen and oxygen atoms in total. The van der Waals surface area contributed by atoms with Crippen molar-refractivity contribution in [2.24, 2.45) is 7.05 Å². The molecule has 24 heavy (non-hydrogen) atoms. The number of aromatic nitrogens is 2. The van der Waals surface area contributed by atoms with E-state index in [9.17, 15) is 13.5 Å². The van der Waals surface area contributed by atoms with Crippen molar-refractivity contribution in [1.29, 1.82) is 0 Å². The first-order valence-electron chi connectivity index (χ1n) is 8.01. The summed E-state index contributed by atoms with van der Waals surface area (Å²) in [6.07, 6.45) is 2.81. The zero-order chi connectivity index (χ0) is 17.7. The van der Waals surface area contributed by atoms with Crippen molar-refractivity contribution < 1.29 is 13.5 Å². The fourth-order valence-electron chi connectivity index (χ4n) is 2.70. The van der Waals surface area contributed by atoms with Crippen molar-refractivity contribution in [3.63, 3.8) is 0 Å². The van der Waals surface area contributed by atoms with Crippen LogP contribution in [0.1, 0.15) is 49.9 Å². The van der Waals surface area contributed by atoms with Gasteiger partial charge >= 0.3 is 0 Å². The maximum atomic E-state index is 12.4. The number of nitrogens with one attached hydrogen (secondary N) is 1. The van der Waals surface area contributed by atoms with Gasteiger partial charge in [-0.05, 0) is 41.1 Å². The molecule has 2 heterocycles. The molecule has 0 bridgehead atoms. The van der Waals surface area contributed by atoms with Crippen molar-refractivity contribution in [1.82, 2.24) is 14.3 Å². The molecule has 0 aliphatic rings. The fraction of sp³-hybridized carbons (Fsp3) is 0.562. The highest BCUT2D eigenvalue weighted by atomic mass is 32.2. The summed E-state index contributed by atoms with van der Waals surface area (Å²) < 4.78 is 29.2. The summed E-state index contributed by atoms with van der Waals surface area (Å²) in [4.78, 5) is 4.24. The van der Waals surface area contributed by atoms with Gasteiger partial charge in [0.2, 0.25) is 0 Å². The Hall–Kier alpha value is -1.22. The van der Waals surface area contributed by atoms with E-state index >= 15 is 0 Å². The number of imidazole rings is 1. The summed E-state index contributed by atoms with van der Waals surface area (Å²) in [5, 5.41) is 13.3. The lowest BCUT2D eigenvalue weighted by Crippen LogP contribution is -2.26. The van der Waals surface area contributed by atoms with Gasteiger partial charge in [0.05, 0.1) is 0 Å². The maximum Gasteiger partial charge on any atom is 0.259 e. The molecule has 0 amide bonds. The number of nitrogens with zero attached hydrogens (tertiary/aromatic N) is 2. The number of sulfonamides is 1. The van der Waals surface area contributed by atoms with Crippen LogP contribution in [0, 0.1) is 0 Å². The lowest BCUT2D eigenvalue weighted by molar-refractivity contribution is 0.273. The summed E-state index contributed by atoms with van der Waals surface area (Å²) >= 11 is 1.60. The minimum absolute atomic E-state index is 0.0583. The Morgan fingerprint density at radius 1 is 1.38 bits per heavy atom. The van der Waals surface area contributed by atoms with Crippen LogP contribution < -0.4 is 4.72 Å². The zero-order valence-corrected chi connectivity index (χ0v) is 15.9. The van der Waals surface area contributed by atoms with Crippen LogP contribution in [-0.4, -0.2) is 36.2 Å². The summed E-state index contributed by atoms with van der Waals surface area (Å²) in [5.41, 5.74) is 1.15. The van der Waals surface area contributed by atoms with Gasteiger partial charge in [0.25, 0.3) is 10.0 Å². The Morgan fingerprint density at radius 2 is 2.12 bits per heavy atom. The van der Waals surface area contributed by atoms with E-state index in [1.165, 1.54) is 0 Å². The van der Waals surface area contributed by atoms with Crippen molar-refractivity contribution in [3.8, 4) is 0 Å². The Balaban J connectivity index is 2.00. The van der Waals surface area contributed by atoms with Gasteiger partial charge in [-0.25, -0.2) is 18.1 Å². The van der Waals surface area contributed by atoms with Crippen LogP contribution in [0.4, 0.5) is 0 Å². The van der Waals surface area contributed by atoms with Gasteiger partial charge in [-0.1, -0.05) is 13.8 Å². The van der Waals surface area contributed by atoms with Gasteiger partial charge in [-0.2, -0.15) is 11.3 Å². The predicted molar refractivity (Wildman–Crippen MR) is 95.9 cm³/mol. The minimum Gasteiger partial charge on any atom is -0.396 e. The first-order chi connectivity index (χ1) is 11.3. The second-order valence-electron chi connectivity index (χ2n) is 6.16. The molecule has 2 rings (SSSR count). The van der Waals surface area contributed by atoms with Crippen molar-refractivity contribution >= 4 is 21.4 Å². The van der Waals surface area contributed by atoms with Crippen LogP contribution in [0.5, 0.6) is 0 Å². The first-order valence-corrected chi connectivity index (χ1v) is 10.4. The summed E-state index contributed by atoms with van der Waals surface area (Å²) in [6.45, 7) is 4.36. The van der Waals surface area contributed by atoms with Crippen LogP contribution in [0.2, 0.25) is 0 Å². The van der Waals surface area contributed by atoms with Gasteiger partial charge in [-0.3, -0.25) is 0 Å². The van der Waals surface area contributed by atoms with Crippen molar-refractivity contribution in [2.45, 2.75) is 43.6 Å². The molecule has 0 unspecified atom stereocenters. The fourth-order valence-corrected chi connectivity index (χ4v) is 4.49. The van der Waals surface area contributed by atoms with Gasteiger partial charge in [0.1, 0.15) is 5.82 Å². The molecular formula is C16H25N3O3S2. The average molecular weight is 372 g/mol. The average Bonchev–Trinajstić information content (AvgIpc) is 3.15. The number of hydrogen-bond donors (Lipinski definition) is 2. The molecule has 8 heteroatoms. The van der Waals surface area contributed by atoms with E-state index in [4.69, 9.17) is 0 Å². The van der Waals surface area contributed by atoms with Gasteiger partial charge < -0.3 is 9.67 Å². The molecule has 2 aromatic rings. The Bertz CT molecular complexity index is 737. The van der Waals surface area contributed by atoms with E-state index < -0.39 is 10.0 Å². The molecule has 0 aliphatic heterocycles. The van der Waals surface area contributed by atoms with E-state index in [-0.39, 0.29) is 23.5 Å². The Morgan fingerprint density at radius 3 is 2.67 bits per heavy atom. The van der Waals surface area contributed by atoms with Crippen molar-refractivity contribution in [2.75, 3.05) is 13.2 Å². The van der Waals surface area contributed by atoms with Crippen LogP contribution in [-0.2, 0) is 17.1 Å². The van der Waals surface area contributed by atoms with Crippen LogP contribution in [0.25, 0.3) is 0 Å². The third-order valence-electron chi connectivity index (χ3n) is 3.96. The highest BCUT2D eigenvalue weighted by Gasteiger charge is 2.21. The minimum atomic E-state index is -3.62. The molecule has 2 N–H and O–H groups in total. The SMILES string of the molecule is CC(C)c1nc(S(=O)(=O)NCC[C@H](CCO)c2ccsc2)cn1C. The number of aliphatic hydroxyl groups excluding tert-OH is 1. The van der Waals surface area contributed by atoms with Gasteiger partial charge in [0.15, 0.2) is 5.03 Å². The Labute approximate surface area is 147 Å². The number of aryl methyl sites for hydroxylation is 1. The number of rotatable bonds is 9. The molecular weight excluding hydrogens is 346 g/mol. The first kappa shape index (κ1) is 19.1. The summed E-state index contributed by atoms with van der Waals surface area (Å²) in [5.74, 6) is 1.05. The van der Waals surface area contributed by atoms with Crippen molar-refractivity contribution in [3.05, 3.63) is 34.4 Å². The highest BCUT2D eigenvalue weighted by Crippen LogP contribution is 2.25. The molecule has 0 saturated heterocycles. The van der Waals surface area contributed by atoms with E-state index in [0.29, 0.717) is 19.4 Å². The number of aliphatic hydroxyl groups is 1. The molecule has 0 spiro atoms. The summed E-state index contributed by atoms with van der Waals surface area (Å²) in [7, 11) is -1.82. The lowest BCUT2D eigenvalue weighted by atomic mass is 9.95. The van der Waals surface area contributed by atoms with Crippen LogP contribution in [0.15, 0.2) is 28.0 Å². The van der Waals surface area contributed by atoms with E-state index in [2.05, 4.69) is 9.71 Å². The number of thiophene rings is 1. The van der Waals surface area contributed by atoms with Gasteiger partial charge in [-0.15, -0.1) is 0 Å². The van der Waals surface area contributed by atoms with Crippen LogP contribution >= 0.6 is 11.3 Å². The monoisotopic (exact) mass is 371 g/mol. The van der Waals surface area contributed by atoms with E-state index in [1.807, 2.05) is 30.7 Å². The second-order valence-corrected chi connectivity index (χ2v) is 8.65. The molecule has 0 fully saturated rings. The topological polar surface area (TPSA) is 84.2 Å². The standard InChI is InChI=1S/C16H25N3O3S2/c1-12(2)16-18-15(10-19(16)3)24(21,22)17-7-4-13(5-8-20)14-6-9-23-11-14/h6,9-13,17,20H,4-5,7-8H2,1-3H3/t13-/m1/s1. The zero-order valence-electron chi connectivity index (χ0n) is 14.3. The maximum absolute atomic E-state index is 12.4. The smallest absolute Gasteiger partial charge is 0.259 e. The molecule has 0 aromatic carbocycles. The lowest BCUT2D eigenvalue weighted by Gasteiger charge is -2.14. The third-order valence-corrected chi connectivity index (χ3v) is 5.99. The molecule has 134 valence electrons. The predicted octanol–water partition coefficient (Wildman–Crippen LogP) is 2.44. The number of hydrogen-bond acceptors (Lipinski definition) is 5. The normalized spacial score (nSPS) is 13.5. The third kappa shape index (κ3) is 4.66. The molecule has 0 saturated carbocycles. The molecule has 0 radical (unpaired) electrons. The largest absolute Gasteiger partial charge is 0.396 e. The van der Waals surface area contributed by atoms with Gasteiger partial charge in [0, 0.05) is 32.3 Å². The molecule has 2 aromatic heterocycles. The molecule has 1 atom stereocenters. The van der Waals surface area contributed by atoms with E-state index in [0.717, 1.165) is 11.4 Å². The van der Waals surface area contributed by atoms with E-state index in [1.54, 1.807) is 29.1 Å². The van der Waals surface area contributed by atoms with Crippen LogP contribution in [0.3, 0.4) is 0 Å². The second kappa shape index (κ2) is 8.24. The highest BCUT2D eigenvalue weighted by molar-refractivity contribution is 7.89. The summed E-state index contributed by atoms with van der Waals surface area (Å²) in [6, 6.07) is 2.02. The Kier molecular flexibility index (Phi) is 6.56.